The maximum Gasteiger partial charge on any atom is 0.343 e. The summed E-state index contributed by atoms with van der Waals surface area (Å²) in [6.07, 6.45) is 1.37. The second kappa shape index (κ2) is 9.25. The highest BCUT2D eigenvalue weighted by Gasteiger charge is 2.12. The van der Waals surface area contributed by atoms with Gasteiger partial charge in [-0.25, -0.2) is 14.6 Å². The number of benzene rings is 3. The van der Waals surface area contributed by atoms with E-state index in [0.717, 1.165) is 10.0 Å². The summed E-state index contributed by atoms with van der Waals surface area (Å²) in [4.78, 5) is 24.4. The van der Waals surface area contributed by atoms with E-state index in [1.807, 2.05) is 19.1 Å². The van der Waals surface area contributed by atoms with Gasteiger partial charge in [-0.3, -0.25) is 4.79 Å². The Balaban J connectivity index is 1.73. The molecule has 7 heteroatoms. The molecule has 0 aliphatic heterocycles. The summed E-state index contributed by atoms with van der Waals surface area (Å²) in [7, 11) is 0. The molecule has 146 valence electrons. The summed E-state index contributed by atoms with van der Waals surface area (Å²) in [6.45, 7) is 1.93. The molecular formula is C22H16BrFN2O3. The minimum atomic E-state index is -0.502. The van der Waals surface area contributed by atoms with Crippen LogP contribution < -0.4 is 10.2 Å². The fourth-order valence-electron chi connectivity index (χ4n) is 2.39. The first-order valence-corrected chi connectivity index (χ1v) is 9.39. The van der Waals surface area contributed by atoms with Crippen LogP contribution in [0.2, 0.25) is 0 Å². The lowest BCUT2D eigenvalue weighted by Crippen LogP contribution is -2.17. The molecule has 0 heterocycles. The fraction of sp³-hybridized carbons (Fsp3) is 0.0455. The monoisotopic (exact) mass is 454 g/mol. The van der Waals surface area contributed by atoms with E-state index in [0.29, 0.717) is 16.9 Å². The molecule has 1 amide bonds. The maximum absolute atomic E-state index is 12.9. The Morgan fingerprint density at radius 2 is 1.66 bits per heavy atom. The maximum atomic E-state index is 12.9. The molecule has 0 aromatic heterocycles. The van der Waals surface area contributed by atoms with Crippen molar-refractivity contribution in [2.45, 2.75) is 6.92 Å². The predicted octanol–water partition coefficient (Wildman–Crippen LogP) is 4.88. The van der Waals surface area contributed by atoms with Crippen LogP contribution in [0.25, 0.3) is 0 Å². The van der Waals surface area contributed by atoms with Gasteiger partial charge >= 0.3 is 5.97 Å². The Morgan fingerprint density at radius 1 is 1.00 bits per heavy atom. The highest BCUT2D eigenvalue weighted by Crippen LogP contribution is 2.23. The van der Waals surface area contributed by atoms with Gasteiger partial charge in [-0.15, -0.1) is 0 Å². The third-order valence-electron chi connectivity index (χ3n) is 3.94. The van der Waals surface area contributed by atoms with Crippen LogP contribution in [0.4, 0.5) is 4.39 Å². The molecule has 0 saturated heterocycles. The van der Waals surface area contributed by atoms with E-state index in [-0.39, 0.29) is 5.56 Å². The topological polar surface area (TPSA) is 67.8 Å². The highest BCUT2D eigenvalue weighted by molar-refractivity contribution is 9.10. The average Bonchev–Trinajstić information content (AvgIpc) is 2.70. The van der Waals surface area contributed by atoms with E-state index in [1.54, 1.807) is 30.3 Å². The number of esters is 1. The molecule has 0 saturated carbocycles. The van der Waals surface area contributed by atoms with Gasteiger partial charge in [0.2, 0.25) is 0 Å². The normalized spacial score (nSPS) is 10.7. The van der Waals surface area contributed by atoms with Gasteiger partial charge in [0.05, 0.1) is 11.8 Å². The van der Waals surface area contributed by atoms with Crippen molar-refractivity contribution < 1.29 is 18.7 Å². The molecule has 29 heavy (non-hydrogen) atoms. The molecule has 0 atom stereocenters. The molecule has 0 radical (unpaired) electrons. The Kier molecular flexibility index (Phi) is 6.51. The zero-order valence-electron chi connectivity index (χ0n) is 15.4. The van der Waals surface area contributed by atoms with Crippen molar-refractivity contribution in [1.29, 1.82) is 0 Å². The van der Waals surface area contributed by atoms with Crippen LogP contribution in [0, 0.1) is 12.7 Å². The minimum absolute atomic E-state index is 0.267. The Morgan fingerprint density at radius 3 is 2.34 bits per heavy atom. The summed E-state index contributed by atoms with van der Waals surface area (Å²) in [5.74, 6) is -1.13. The third-order valence-corrected chi connectivity index (χ3v) is 4.43. The van der Waals surface area contributed by atoms with Gasteiger partial charge in [0, 0.05) is 15.6 Å². The molecule has 3 rings (SSSR count). The molecule has 0 aliphatic rings. The van der Waals surface area contributed by atoms with E-state index in [4.69, 9.17) is 4.74 Å². The van der Waals surface area contributed by atoms with E-state index >= 15 is 0 Å². The summed E-state index contributed by atoms with van der Waals surface area (Å²) in [6, 6.07) is 17.2. The number of hydrogen-bond donors (Lipinski definition) is 1. The SMILES string of the molecule is Cc1ccc(C(=O)Oc2ccc(Br)cc2/C=N/NC(=O)c2ccc(F)cc2)cc1. The second-order valence-corrected chi connectivity index (χ2v) is 7.06. The van der Waals surface area contributed by atoms with Gasteiger partial charge in [-0.1, -0.05) is 33.6 Å². The van der Waals surface area contributed by atoms with Gasteiger partial charge < -0.3 is 4.74 Å². The summed E-state index contributed by atoms with van der Waals surface area (Å²) in [5, 5.41) is 3.90. The summed E-state index contributed by atoms with van der Waals surface area (Å²) >= 11 is 3.35. The van der Waals surface area contributed by atoms with Gasteiger partial charge in [-0.2, -0.15) is 5.10 Å². The first-order chi connectivity index (χ1) is 13.9. The van der Waals surface area contributed by atoms with E-state index in [1.165, 1.54) is 30.5 Å². The number of hydrazone groups is 1. The zero-order valence-corrected chi connectivity index (χ0v) is 16.9. The zero-order chi connectivity index (χ0) is 20.8. The van der Waals surface area contributed by atoms with E-state index < -0.39 is 17.7 Å². The molecule has 3 aromatic carbocycles. The third kappa shape index (κ3) is 5.58. The van der Waals surface area contributed by atoms with E-state index in [9.17, 15) is 14.0 Å². The molecule has 0 spiro atoms. The molecule has 0 unspecified atom stereocenters. The lowest BCUT2D eigenvalue weighted by Gasteiger charge is -2.08. The summed E-state index contributed by atoms with van der Waals surface area (Å²) < 4.78 is 19.2. The number of ether oxygens (including phenoxy) is 1. The number of carbonyl (C=O) groups excluding carboxylic acids is 2. The molecular weight excluding hydrogens is 439 g/mol. The first-order valence-electron chi connectivity index (χ1n) is 8.60. The van der Waals surface area contributed by atoms with Crippen LogP contribution in [-0.2, 0) is 0 Å². The Bertz CT molecular complexity index is 1060. The van der Waals surface area contributed by atoms with Crippen molar-refractivity contribution in [3.05, 3.63) is 99.3 Å². The number of amides is 1. The van der Waals surface area contributed by atoms with Crippen molar-refractivity contribution in [3.63, 3.8) is 0 Å². The van der Waals surface area contributed by atoms with Crippen LogP contribution in [0.3, 0.4) is 0 Å². The van der Waals surface area contributed by atoms with Crippen molar-refractivity contribution in [2.24, 2.45) is 5.10 Å². The summed E-state index contributed by atoms with van der Waals surface area (Å²) in [5.41, 5.74) is 4.57. The number of rotatable bonds is 5. The number of halogens is 2. The lowest BCUT2D eigenvalue weighted by atomic mass is 10.1. The molecule has 5 nitrogen and oxygen atoms in total. The number of aryl methyl sites for hydroxylation is 1. The molecule has 0 aliphatic carbocycles. The van der Waals surface area contributed by atoms with Crippen molar-refractivity contribution in [1.82, 2.24) is 5.43 Å². The lowest BCUT2D eigenvalue weighted by molar-refractivity contribution is 0.0734. The Labute approximate surface area is 175 Å². The van der Waals surface area contributed by atoms with Crippen molar-refractivity contribution >= 4 is 34.0 Å². The minimum Gasteiger partial charge on any atom is -0.422 e. The first kappa shape index (κ1) is 20.4. The number of hydrogen-bond acceptors (Lipinski definition) is 4. The van der Waals surface area contributed by atoms with Crippen LogP contribution >= 0.6 is 15.9 Å². The molecule has 0 fully saturated rings. The number of carbonyl (C=O) groups is 2. The number of nitrogens with one attached hydrogen (secondary N) is 1. The van der Waals surface area contributed by atoms with Crippen LogP contribution in [0.1, 0.15) is 31.8 Å². The largest absolute Gasteiger partial charge is 0.422 e. The van der Waals surface area contributed by atoms with Gasteiger partial charge in [0.25, 0.3) is 5.91 Å². The van der Waals surface area contributed by atoms with E-state index in [2.05, 4.69) is 26.5 Å². The van der Waals surface area contributed by atoms with Crippen LogP contribution in [0.5, 0.6) is 5.75 Å². The Hall–Kier alpha value is -3.32. The number of nitrogens with zero attached hydrogens (tertiary/aromatic N) is 1. The molecule has 3 aromatic rings. The van der Waals surface area contributed by atoms with Crippen LogP contribution in [-0.4, -0.2) is 18.1 Å². The highest BCUT2D eigenvalue weighted by atomic mass is 79.9. The smallest absolute Gasteiger partial charge is 0.343 e. The van der Waals surface area contributed by atoms with Gasteiger partial charge in [0.15, 0.2) is 0 Å². The van der Waals surface area contributed by atoms with Gasteiger partial charge in [0.1, 0.15) is 11.6 Å². The average molecular weight is 455 g/mol. The molecule has 1 N–H and O–H groups in total. The molecule has 0 bridgehead atoms. The van der Waals surface area contributed by atoms with Gasteiger partial charge in [-0.05, 0) is 61.5 Å². The van der Waals surface area contributed by atoms with Crippen molar-refractivity contribution in [3.8, 4) is 5.75 Å². The second-order valence-electron chi connectivity index (χ2n) is 6.14. The van der Waals surface area contributed by atoms with Crippen LogP contribution in [0.15, 0.2) is 76.3 Å². The quantitative estimate of drug-likeness (QED) is 0.258. The predicted molar refractivity (Wildman–Crippen MR) is 112 cm³/mol. The van der Waals surface area contributed by atoms with Crippen molar-refractivity contribution in [2.75, 3.05) is 0 Å². The standard InChI is InChI=1S/C22H16BrFN2O3/c1-14-2-4-16(5-3-14)22(28)29-20-11-8-18(23)12-17(20)13-25-26-21(27)15-6-9-19(24)10-7-15/h2-13H,1H3,(H,26,27)/b25-13+. The fourth-order valence-corrected chi connectivity index (χ4v) is 2.77.